The Hall–Kier alpha value is -2.67. The van der Waals surface area contributed by atoms with E-state index >= 15 is 0 Å². The van der Waals surface area contributed by atoms with Gasteiger partial charge in [-0.25, -0.2) is 9.48 Å². The topological polar surface area (TPSA) is 73.7 Å². The van der Waals surface area contributed by atoms with Gasteiger partial charge in [0, 0.05) is 25.0 Å². The molecule has 3 rings (SSSR count). The third-order valence-electron chi connectivity index (χ3n) is 4.10. The van der Waals surface area contributed by atoms with Crippen molar-refractivity contribution < 1.29 is 19.1 Å². The first kappa shape index (κ1) is 17.2. The molecule has 1 atom stereocenters. The Morgan fingerprint density at radius 1 is 1.28 bits per heavy atom. The average molecular weight is 343 g/mol. The van der Waals surface area contributed by atoms with Gasteiger partial charge in [-0.2, -0.15) is 5.10 Å². The second kappa shape index (κ2) is 7.48. The third-order valence-corrected chi connectivity index (χ3v) is 4.10. The molecule has 0 N–H and O–H groups in total. The van der Waals surface area contributed by atoms with Crippen LogP contribution in [-0.2, 0) is 14.3 Å². The molecule has 1 unspecified atom stereocenters. The molecule has 1 aromatic carbocycles. The van der Waals surface area contributed by atoms with E-state index in [2.05, 4.69) is 5.10 Å². The summed E-state index contributed by atoms with van der Waals surface area (Å²) in [6, 6.07) is 8.82. The standard InChI is InChI=1S/C18H21N3O4/c1-13-7-8-19-21(13)16-5-3-15(4-6-16)18(23)25-12-17(22)20-9-10-24-14(2)11-20/h3-8,14H,9-12H2,1-2H3. The summed E-state index contributed by atoms with van der Waals surface area (Å²) in [5.41, 5.74) is 2.26. The van der Waals surface area contributed by atoms with E-state index in [9.17, 15) is 9.59 Å². The largest absolute Gasteiger partial charge is 0.452 e. The summed E-state index contributed by atoms with van der Waals surface area (Å²) in [6.45, 7) is 5.16. The van der Waals surface area contributed by atoms with Gasteiger partial charge in [0.1, 0.15) is 0 Å². The number of nitrogens with zero attached hydrogens (tertiary/aromatic N) is 3. The van der Waals surface area contributed by atoms with Crippen molar-refractivity contribution in [3.05, 3.63) is 47.8 Å². The van der Waals surface area contributed by atoms with Crippen LogP contribution >= 0.6 is 0 Å². The predicted molar refractivity (Wildman–Crippen MR) is 90.6 cm³/mol. The maximum Gasteiger partial charge on any atom is 0.338 e. The zero-order chi connectivity index (χ0) is 17.8. The molecule has 1 amide bonds. The van der Waals surface area contributed by atoms with Gasteiger partial charge in [0.15, 0.2) is 6.61 Å². The molecule has 1 aromatic heterocycles. The number of rotatable bonds is 4. The van der Waals surface area contributed by atoms with Crippen molar-refractivity contribution in [1.29, 1.82) is 0 Å². The molecule has 132 valence electrons. The molecular weight excluding hydrogens is 322 g/mol. The first-order chi connectivity index (χ1) is 12.0. The van der Waals surface area contributed by atoms with Gasteiger partial charge in [0.2, 0.25) is 0 Å². The van der Waals surface area contributed by atoms with Crippen LogP contribution in [0.15, 0.2) is 36.5 Å². The molecule has 7 heteroatoms. The number of hydrogen-bond donors (Lipinski definition) is 0. The van der Waals surface area contributed by atoms with Crippen LogP contribution in [-0.4, -0.2) is 59.0 Å². The molecule has 1 aliphatic heterocycles. The lowest BCUT2D eigenvalue weighted by Gasteiger charge is -2.30. The Kier molecular flexibility index (Phi) is 5.14. The molecule has 2 heterocycles. The maximum atomic E-state index is 12.1. The van der Waals surface area contributed by atoms with Crippen LogP contribution in [0.3, 0.4) is 0 Å². The highest BCUT2D eigenvalue weighted by molar-refractivity contribution is 5.91. The van der Waals surface area contributed by atoms with Crippen molar-refractivity contribution in [2.75, 3.05) is 26.3 Å². The van der Waals surface area contributed by atoms with Gasteiger partial charge in [-0.1, -0.05) is 0 Å². The monoisotopic (exact) mass is 343 g/mol. The quantitative estimate of drug-likeness (QED) is 0.788. The molecule has 0 spiro atoms. The highest BCUT2D eigenvalue weighted by Gasteiger charge is 2.22. The number of ether oxygens (including phenoxy) is 2. The minimum absolute atomic E-state index is 0.00620. The summed E-state index contributed by atoms with van der Waals surface area (Å²) in [6.07, 6.45) is 1.72. The lowest BCUT2D eigenvalue weighted by molar-refractivity contribution is -0.141. The number of esters is 1. The summed E-state index contributed by atoms with van der Waals surface area (Å²) in [5.74, 6) is -0.717. The molecule has 0 bridgehead atoms. The van der Waals surface area contributed by atoms with Crippen molar-refractivity contribution in [2.24, 2.45) is 0 Å². The lowest BCUT2D eigenvalue weighted by atomic mass is 10.2. The number of carbonyl (C=O) groups is 2. The third kappa shape index (κ3) is 4.06. The molecule has 2 aromatic rings. The van der Waals surface area contributed by atoms with E-state index in [4.69, 9.17) is 9.47 Å². The van der Waals surface area contributed by atoms with Gasteiger partial charge in [-0.3, -0.25) is 4.79 Å². The van der Waals surface area contributed by atoms with Gasteiger partial charge in [-0.15, -0.1) is 0 Å². The fourth-order valence-corrected chi connectivity index (χ4v) is 2.73. The maximum absolute atomic E-state index is 12.1. The molecule has 25 heavy (non-hydrogen) atoms. The molecule has 0 radical (unpaired) electrons. The average Bonchev–Trinajstić information content (AvgIpc) is 3.05. The normalized spacial score (nSPS) is 17.4. The summed E-state index contributed by atoms with van der Waals surface area (Å²) in [4.78, 5) is 25.9. The first-order valence-corrected chi connectivity index (χ1v) is 8.22. The van der Waals surface area contributed by atoms with Gasteiger partial charge in [-0.05, 0) is 44.2 Å². The molecule has 0 saturated carbocycles. The zero-order valence-electron chi connectivity index (χ0n) is 14.3. The minimum atomic E-state index is -0.515. The van der Waals surface area contributed by atoms with Crippen molar-refractivity contribution in [2.45, 2.75) is 20.0 Å². The fraction of sp³-hybridized carbons (Fsp3) is 0.389. The fourth-order valence-electron chi connectivity index (χ4n) is 2.73. The Bertz CT molecular complexity index is 754. The molecule has 1 aliphatic rings. The Labute approximate surface area is 146 Å². The van der Waals surface area contributed by atoms with Crippen molar-refractivity contribution in [3.8, 4) is 5.69 Å². The molecule has 1 saturated heterocycles. The lowest BCUT2D eigenvalue weighted by Crippen LogP contribution is -2.46. The number of aromatic nitrogens is 2. The van der Waals surface area contributed by atoms with Gasteiger partial charge >= 0.3 is 5.97 Å². The van der Waals surface area contributed by atoms with Crippen molar-refractivity contribution in [1.82, 2.24) is 14.7 Å². The van der Waals surface area contributed by atoms with E-state index in [-0.39, 0.29) is 18.6 Å². The second-order valence-electron chi connectivity index (χ2n) is 6.03. The van der Waals surface area contributed by atoms with Gasteiger partial charge < -0.3 is 14.4 Å². The molecular formula is C18H21N3O4. The predicted octanol–water partition coefficient (Wildman–Crippen LogP) is 1.58. The van der Waals surface area contributed by atoms with Crippen LogP contribution < -0.4 is 0 Å². The molecule has 7 nitrogen and oxygen atoms in total. The summed E-state index contributed by atoms with van der Waals surface area (Å²) in [7, 11) is 0. The van der Waals surface area contributed by atoms with Crippen molar-refractivity contribution >= 4 is 11.9 Å². The van der Waals surface area contributed by atoms with Crippen LogP contribution in [0.25, 0.3) is 5.69 Å². The number of benzene rings is 1. The van der Waals surface area contributed by atoms with E-state index in [0.717, 1.165) is 11.4 Å². The SMILES string of the molecule is Cc1ccnn1-c1ccc(C(=O)OCC(=O)N2CCOC(C)C2)cc1. The van der Waals surface area contributed by atoms with Crippen molar-refractivity contribution in [3.63, 3.8) is 0 Å². The van der Waals surface area contributed by atoms with E-state index in [1.54, 1.807) is 40.0 Å². The Morgan fingerprint density at radius 2 is 2.04 bits per heavy atom. The number of amides is 1. The summed E-state index contributed by atoms with van der Waals surface area (Å²) < 4.78 is 12.3. The Balaban J connectivity index is 1.56. The summed E-state index contributed by atoms with van der Waals surface area (Å²) in [5, 5.41) is 4.22. The van der Waals surface area contributed by atoms with E-state index in [0.29, 0.717) is 25.3 Å². The number of aryl methyl sites for hydroxylation is 1. The Morgan fingerprint density at radius 3 is 2.68 bits per heavy atom. The highest BCUT2D eigenvalue weighted by Crippen LogP contribution is 2.12. The number of hydrogen-bond acceptors (Lipinski definition) is 5. The van der Waals surface area contributed by atoms with Crippen LogP contribution in [0.2, 0.25) is 0 Å². The number of morpholine rings is 1. The van der Waals surface area contributed by atoms with Gasteiger partial charge in [0.25, 0.3) is 5.91 Å². The smallest absolute Gasteiger partial charge is 0.338 e. The highest BCUT2D eigenvalue weighted by atomic mass is 16.5. The van der Waals surface area contributed by atoms with E-state index < -0.39 is 5.97 Å². The second-order valence-corrected chi connectivity index (χ2v) is 6.03. The molecule has 1 fully saturated rings. The zero-order valence-corrected chi connectivity index (χ0v) is 14.3. The summed E-state index contributed by atoms with van der Waals surface area (Å²) >= 11 is 0. The van der Waals surface area contributed by atoms with E-state index in [1.165, 1.54) is 0 Å². The van der Waals surface area contributed by atoms with E-state index in [1.807, 2.05) is 19.9 Å². The van der Waals surface area contributed by atoms with Crippen LogP contribution in [0.4, 0.5) is 0 Å². The van der Waals surface area contributed by atoms with Crippen LogP contribution in [0.5, 0.6) is 0 Å². The number of carbonyl (C=O) groups excluding carboxylic acids is 2. The minimum Gasteiger partial charge on any atom is -0.452 e. The van der Waals surface area contributed by atoms with Crippen LogP contribution in [0.1, 0.15) is 23.0 Å². The van der Waals surface area contributed by atoms with Gasteiger partial charge in [0.05, 0.1) is 24.0 Å². The molecule has 0 aliphatic carbocycles. The van der Waals surface area contributed by atoms with Crippen LogP contribution in [0, 0.1) is 6.92 Å². The first-order valence-electron chi connectivity index (χ1n) is 8.22.